The molecule has 0 spiro atoms. The second-order valence-corrected chi connectivity index (χ2v) is 6.05. The minimum atomic E-state index is 0.114. The smallest absolute Gasteiger partial charge is 0.220 e. The van der Waals surface area contributed by atoms with Gasteiger partial charge in [-0.25, -0.2) is 0 Å². The Bertz CT molecular complexity index is 245. The number of carbonyl (C=O) groups is 1. The van der Waals surface area contributed by atoms with Crippen LogP contribution in [0.4, 0.5) is 0 Å². The van der Waals surface area contributed by atoms with E-state index in [1.807, 2.05) is 6.92 Å². The van der Waals surface area contributed by atoms with Crippen molar-refractivity contribution in [3.63, 3.8) is 0 Å². The number of hydrogen-bond donors (Lipinski definition) is 2. The average molecular weight is 255 g/mol. The number of nitrogens with one attached hydrogen (secondary N) is 1. The van der Waals surface area contributed by atoms with Gasteiger partial charge in [-0.2, -0.15) is 0 Å². The van der Waals surface area contributed by atoms with Gasteiger partial charge in [-0.15, -0.1) is 0 Å². The van der Waals surface area contributed by atoms with Crippen molar-refractivity contribution in [2.45, 2.75) is 58.5 Å². The minimum Gasteiger partial charge on any atom is -0.353 e. The molecule has 1 saturated heterocycles. The lowest BCUT2D eigenvalue weighted by atomic mass is 10.0. The van der Waals surface area contributed by atoms with E-state index in [1.54, 1.807) is 0 Å². The summed E-state index contributed by atoms with van der Waals surface area (Å²) >= 11 is 0. The highest BCUT2D eigenvalue weighted by Crippen LogP contribution is 2.12. The number of amides is 1. The second kappa shape index (κ2) is 7.74. The summed E-state index contributed by atoms with van der Waals surface area (Å²) in [7, 11) is 0. The van der Waals surface area contributed by atoms with Gasteiger partial charge < -0.3 is 16.0 Å². The first-order valence-electron chi connectivity index (χ1n) is 7.24. The Morgan fingerprint density at radius 2 is 1.94 bits per heavy atom. The van der Waals surface area contributed by atoms with E-state index >= 15 is 0 Å². The van der Waals surface area contributed by atoms with Crippen molar-refractivity contribution in [3.05, 3.63) is 0 Å². The highest BCUT2D eigenvalue weighted by Gasteiger charge is 2.20. The van der Waals surface area contributed by atoms with Gasteiger partial charge in [0.15, 0.2) is 0 Å². The van der Waals surface area contributed by atoms with Crippen molar-refractivity contribution in [2.75, 3.05) is 19.6 Å². The summed E-state index contributed by atoms with van der Waals surface area (Å²) in [5, 5.41) is 3.13. The lowest BCUT2D eigenvalue weighted by Gasteiger charge is -2.33. The fourth-order valence-corrected chi connectivity index (χ4v) is 2.43. The van der Waals surface area contributed by atoms with Crippen LogP contribution >= 0.6 is 0 Å². The minimum absolute atomic E-state index is 0.114. The standard InChI is InChI=1S/C14H29N3O/c1-11(2)10-17-8-6-13(7-9-17)16-14(18)5-4-12(3)15/h11-13H,4-10,15H2,1-3H3,(H,16,18). The van der Waals surface area contributed by atoms with E-state index < -0.39 is 0 Å². The summed E-state index contributed by atoms with van der Waals surface area (Å²) < 4.78 is 0. The van der Waals surface area contributed by atoms with Crippen molar-refractivity contribution in [1.29, 1.82) is 0 Å². The molecule has 0 radical (unpaired) electrons. The van der Waals surface area contributed by atoms with Gasteiger partial charge >= 0.3 is 0 Å². The van der Waals surface area contributed by atoms with Crippen LogP contribution < -0.4 is 11.1 Å². The summed E-state index contributed by atoms with van der Waals surface area (Å²) in [4.78, 5) is 14.2. The molecule has 0 aromatic heterocycles. The summed E-state index contributed by atoms with van der Waals surface area (Å²) in [5.74, 6) is 0.886. The molecule has 0 bridgehead atoms. The van der Waals surface area contributed by atoms with E-state index in [0.29, 0.717) is 12.5 Å². The largest absolute Gasteiger partial charge is 0.353 e. The van der Waals surface area contributed by atoms with Crippen LogP contribution in [0.15, 0.2) is 0 Å². The Morgan fingerprint density at radius 3 is 2.44 bits per heavy atom. The summed E-state index contributed by atoms with van der Waals surface area (Å²) in [5.41, 5.74) is 5.65. The molecule has 1 fully saturated rings. The van der Waals surface area contributed by atoms with Crippen molar-refractivity contribution < 1.29 is 4.79 Å². The van der Waals surface area contributed by atoms with Gasteiger partial charge in [-0.3, -0.25) is 4.79 Å². The third kappa shape index (κ3) is 6.36. The molecule has 1 atom stereocenters. The average Bonchev–Trinajstić information content (AvgIpc) is 2.28. The predicted molar refractivity (Wildman–Crippen MR) is 75.3 cm³/mol. The number of nitrogens with two attached hydrogens (primary N) is 1. The van der Waals surface area contributed by atoms with Crippen molar-refractivity contribution in [3.8, 4) is 0 Å². The maximum atomic E-state index is 11.7. The van der Waals surface area contributed by atoms with E-state index in [2.05, 4.69) is 24.1 Å². The van der Waals surface area contributed by atoms with Gasteiger partial charge in [0, 0.05) is 38.1 Å². The molecule has 4 heteroatoms. The van der Waals surface area contributed by atoms with Gasteiger partial charge in [0.25, 0.3) is 0 Å². The predicted octanol–water partition coefficient (Wildman–Crippen LogP) is 1.35. The van der Waals surface area contributed by atoms with Crippen LogP contribution in [0.1, 0.15) is 46.5 Å². The van der Waals surface area contributed by atoms with Crippen LogP contribution in [-0.2, 0) is 4.79 Å². The monoisotopic (exact) mass is 255 g/mol. The van der Waals surface area contributed by atoms with E-state index in [4.69, 9.17) is 5.73 Å². The number of likely N-dealkylation sites (tertiary alicyclic amines) is 1. The number of rotatable bonds is 6. The quantitative estimate of drug-likeness (QED) is 0.753. The molecule has 1 aliphatic heterocycles. The van der Waals surface area contributed by atoms with E-state index in [0.717, 1.165) is 38.3 Å². The Labute approximate surface area is 111 Å². The van der Waals surface area contributed by atoms with E-state index in [1.165, 1.54) is 6.54 Å². The first kappa shape index (κ1) is 15.4. The fourth-order valence-electron chi connectivity index (χ4n) is 2.43. The van der Waals surface area contributed by atoms with Crippen LogP contribution in [0, 0.1) is 5.92 Å². The first-order valence-corrected chi connectivity index (χ1v) is 7.24. The van der Waals surface area contributed by atoms with Gasteiger partial charge in [0.05, 0.1) is 0 Å². The molecular formula is C14H29N3O. The highest BCUT2D eigenvalue weighted by atomic mass is 16.1. The molecule has 106 valence electrons. The van der Waals surface area contributed by atoms with Gasteiger partial charge in [0.2, 0.25) is 5.91 Å². The zero-order chi connectivity index (χ0) is 13.5. The zero-order valence-corrected chi connectivity index (χ0v) is 12.1. The molecule has 3 N–H and O–H groups in total. The zero-order valence-electron chi connectivity index (χ0n) is 12.1. The Morgan fingerprint density at radius 1 is 1.33 bits per heavy atom. The Kier molecular flexibility index (Phi) is 6.65. The second-order valence-electron chi connectivity index (χ2n) is 6.05. The van der Waals surface area contributed by atoms with E-state index in [-0.39, 0.29) is 11.9 Å². The third-order valence-corrected chi connectivity index (χ3v) is 3.40. The first-order chi connectivity index (χ1) is 8.47. The van der Waals surface area contributed by atoms with Crippen LogP contribution in [0.3, 0.4) is 0 Å². The molecule has 1 unspecified atom stereocenters. The Balaban J connectivity index is 2.17. The van der Waals surface area contributed by atoms with Crippen molar-refractivity contribution in [2.24, 2.45) is 11.7 Å². The third-order valence-electron chi connectivity index (χ3n) is 3.40. The van der Waals surface area contributed by atoms with Gasteiger partial charge in [-0.1, -0.05) is 13.8 Å². The molecule has 0 aromatic rings. The molecule has 0 aliphatic carbocycles. The maximum Gasteiger partial charge on any atom is 0.220 e. The lowest BCUT2D eigenvalue weighted by Crippen LogP contribution is -2.45. The maximum absolute atomic E-state index is 11.7. The molecule has 1 heterocycles. The molecule has 18 heavy (non-hydrogen) atoms. The van der Waals surface area contributed by atoms with E-state index in [9.17, 15) is 4.79 Å². The molecule has 1 aliphatic rings. The molecular weight excluding hydrogens is 226 g/mol. The molecule has 1 amide bonds. The van der Waals surface area contributed by atoms with Crippen LogP contribution in [0.2, 0.25) is 0 Å². The molecule has 0 aromatic carbocycles. The van der Waals surface area contributed by atoms with Crippen molar-refractivity contribution >= 4 is 5.91 Å². The normalized spacial score (nSPS) is 20.1. The topological polar surface area (TPSA) is 58.4 Å². The lowest BCUT2D eigenvalue weighted by molar-refractivity contribution is -0.122. The SMILES string of the molecule is CC(C)CN1CCC(NC(=O)CCC(C)N)CC1. The molecule has 1 rings (SSSR count). The molecule has 0 saturated carbocycles. The van der Waals surface area contributed by atoms with Crippen LogP contribution in [0.25, 0.3) is 0 Å². The summed E-state index contributed by atoms with van der Waals surface area (Å²) in [6.45, 7) is 9.83. The number of carbonyl (C=O) groups excluding carboxylic acids is 1. The van der Waals surface area contributed by atoms with Crippen LogP contribution in [-0.4, -0.2) is 42.5 Å². The molecule has 4 nitrogen and oxygen atoms in total. The fraction of sp³-hybridized carbons (Fsp3) is 0.929. The van der Waals surface area contributed by atoms with Gasteiger partial charge in [0.1, 0.15) is 0 Å². The number of nitrogens with zero attached hydrogens (tertiary/aromatic N) is 1. The van der Waals surface area contributed by atoms with Crippen LogP contribution in [0.5, 0.6) is 0 Å². The van der Waals surface area contributed by atoms with Gasteiger partial charge in [-0.05, 0) is 32.1 Å². The van der Waals surface area contributed by atoms with Crippen molar-refractivity contribution in [1.82, 2.24) is 10.2 Å². The highest BCUT2D eigenvalue weighted by molar-refractivity contribution is 5.76. The Hall–Kier alpha value is -0.610. The summed E-state index contributed by atoms with van der Waals surface area (Å²) in [6.07, 6.45) is 3.50. The number of hydrogen-bond acceptors (Lipinski definition) is 3. The number of piperidine rings is 1. The summed E-state index contributed by atoms with van der Waals surface area (Å²) in [6, 6.07) is 0.484.